The van der Waals surface area contributed by atoms with E-state index in [2.05, 4.69) is 66.1 Å². The predicted octanol–water partition coefficient (Wildman–Crippen LogP) is 5.05. The van der Waals surface area contributed by atoms with Crippen molar-refractivity contribution in [1.82, 2.24) is 9.55 Å². The molecule has 160 valence electrons. The van der Waals surface area contributed by atoms with Gasteiger partial charge in [-0.05, 0) is 64.8 Å². The van der Waals surface area contributed by atoms with Crippen LogP contribution in [-0.2, 0) is 30.6 Å². The van der Waals surface area contributed by atoms with Gasteiger partial charge in [-0.3, -0.25) is 4.79 Å². The van der Waals surface area contributed by atoms with E-state index in [1.165, 1.54) is 22.2 Å². The summed E-state index contributed by atoms with van der Waals surface area (Å²) in [5.41, 5.74) is 14.7. The maximum atomic E-state index is 11.8. The van der Waals surface area contributed by atoms with Gasteiger partial charge >= 0.3 is 0 Å². The Hall–Kier alpha value is -3.66. The molecule has 1 aromatic heterocycles. The molecule has 4 nitrogen and oxygen atoms in total. The van der Waals surface area contributed by atoms with Gasteiger partial charge in [0.1, 0.15) is 5.82 Å². The molecule has 0 bridgehead atoms. The molecule has 5 rings (SSSR count). The van der Waals surface area contributed by atoms with Crippen molar-refractivity contribution in [1.29, 1.82) is 0 Å². The van der Waals surface area contributed by atoms with E-state index in [0.29, 0.717) is 0 Å². The largest absolute Gasteiger partial charge is 0.366 e. The summed E-state index contributed by atoms with van der Waals surface area (Å²) in [4.78, 5) is 16.7. The number of nitrogens with two attached hydrogens (primary N) is 1. The lowest BCUT2D eigenvalue weighted by Crippen LogP contribution is -2.08. The van der Waals surface area contributed by atoms with E-state index in [1.54, 1.807) is 6.08 Å². The van der Waals surface area contributed by atoms with Gasteiger partial charge < -0.3 is 10.3 Å². The lowest BCUT2D eigenvalue weighted by Gasteiger charge is -2.14. The predicted molar refractivity (Wildman–Crippen MR) is 129 cm³/mol. The number of fused-ring (bicyclic) bond motifs is 3. The van der Waals surface area contributed by atoms with Crippen molar-refractivity contribution in [3.8, 4) is 0 Å². The molecule has 0 saturated carbocycles. The van der Waals surface area contributed by atoms with Crippen LogP contribution >= 0.6 is 0 Å². The summed E-state index contributed by atoms with van der Waals surface area (Å²) < 4.78 is 2.34. The van der Waals surface area contributed by atoms with Crippen molar-refractivity contribution in [3.05, 3.63) is 106 Å². The summed E-state index contributed by atoms with van der Waals surface area (Å²) in [7, 11) is 0. The van der Waals surface area contributed by atoms with Crippen molar-refractivity contribution in [2.75, 3.05) is 0 Å². The molecule has 0 fully saturated rings. The number of aryl methyl sites for hydroxylation is 3. The fourth-order valence-electron chi connectivity index (χ4n) is 4.83. The fourth-order valence-corrected chi connectivity index (χ4v) is 4.83. The third-order valence-electron chi connectivity index (χ3n) is 6.27. The summed E-state index contributed by atoms with van der Waals surface area (Å²) >= 11 is 0. The Morgan fingerprint density at radius 3 is 2.59 bits per heavy atom. The lowest BCUT2D eigenvalue weighted by molar-refractivity contribution is -0.113. The van der Waals surface area contributed by atoms with Crippen LogP contribution in [0, 0.1) is 0 Å². The van der Waals surface area contributed by atoms with Crippen molar-refractivity contribution in [2.45, 2.75) is 39.2 Å². The summed E-state index contributed by atoms with van der Waals surface area (Å²) in [6.07, 6.45) is 5.47. The highest BCUT2D eigenvalue weighted by atomic mass is 16.1. The van der Waals surface area contributed by atoms with Crippen LogP contribution in [0.15, 0.2) is 72.8 Å². The Bertz CT molecular complexity index is 1350. The Morgan fingerprint density at radius 1 is 1.00 bits per heavy atom. The molecule has 0 radical (unpaired) electrons. The van der Waals surface area contributed by atoms with Gasteiger partial charge in [-0.15, -0.1) is 0 Å². The Labute approximate surface area is 188 Å². The Balaban J connectivity index is 1.58. The Morgan fingerprint density at radius 2 is 1.75 bits per heavy atom. The number of imidazole rings is 1. The van der Waals surface area contributed by atoms with Gasteiger partial charge in [0.2, 0.25) is 5.91 Å². The minimum absolute atomic E-state index is 0.416. The van der Waals surface area contributed by atoms with Gasteiger partial charge in [-0.2, -0.15) is 0 Å². The number of hydrogen-bond donors (Lipinski definition) is 1. The maximum Gasteiger partial charge on any atom is 0.242 e. The number of para-hydroxylation sites is 2. The first-order valence-corrected chi connectivity index (χ1v) is 11.3. The van der Waals surface area contributed by atoms with Crippen LogP contribution in [0.3, 0.4) is 0 Å². The van der Waals surface area contributed by atoms with Crippen molar-refractivity contribution >= 4 is 22.5 Å². The number of hydrogen-bond acceptors (Lipinski definition) is 2. The molecule has 1 heterocycles. The van der Waals surface area contributed by atoms with Crippen LogP contribution in [0.2, 0.25) is 0 Å². The molecular formula is C28H27N3O. The van der Waals surface area contributed by atoms with E-state index in [1.807, 2.05) is 12.1 Å². The molecule has 3 aromatic carbocycles. The number of amides is 1. The lowest BCUT2D eigenvalue weighted by atomic mass is 9.92. The third-order valence-corrected chi connectivity index (χ3v) is 6.27. The summed E-state index contributed by atoms with van der Waals surface area (Å²) in [5, 5.41) is 0. The van der Waals surface area contributed by atoms with E-state index in [4.69, 9.17) is 10.7 Å². The van der Waals surface area contributed by atoms with Crippen molar-refractivity contribution in [3.63, 3.8) is 0 Å². The summed E-state index contributed by atoms with van der Waals surface area (Å²) in [6.45, 7) is 2.97. The molecule has 1 aliphatic carbocycles. The zero-order valence-corrected chi connectivity index (χ0v) is 18.3. The van der Waals surface area contributed by atoms with E-state index < -0.39 is 5.91 Å². The van der Waals surface area contributed by atoms with E-state index in [0.717, 1.165) is 60.3 Å². The van der Waals surface area contributed by atoms with Crippen LogP contribution < -0.4 is 5.73 Å². The van der Waals surface area contributed by atoms with Crippen LogP contribution in [0.1, 0.15) is 47.0 Å². The number of benzene rings is 3. The Kier molecular flexibility index (Phi) is 5.36. The molecular weight excluding hydrogens is 394 g/mol. The molecule has 32 heavy (non-hydrogen) atoms. The zero-order chi connectivity index (χ0) is 22.1. The van der Waals surface area contributed by atoms with Gasteiger partial charge in [-0.25, -0.2) is 4.98 Å². The number of primary amides is 1. The minimum Gasteiger partial charge on any atom is -0.366 e. The van der Waals surface area contributed by atoms with Crippen LogP contribution in [0.4, 0.5) is 0 Å². The second kappa shape index (κ2) is 8.46. The van der Waals surface area contributed by atoms with E-state index >= 15 is 0 Å². The van der Waals surface area contributed by atoms with Crippen molar-refractivity contribution in [2.24, 2.45) is 5.73 Å². The smallest absolute Gasteiger partial charge is 0.242 e. The van der Waals surface area contributed by atoms with Gasteiger partial charge in [0.05, 0.1) is 11.0 Å². The fraction of sp³-hybridized carbons (Fsp3) is 0.214. The SMILES string of the molecule is CCCc1nc2ccccc2n1Cc1ccc2c(c1)CCc1ccccc1/C2=C\C(N)=O. The average molecular weight is 422 g/mol. The highest BCUT2D eigenvalue weighted by Gasteiger charge is 2.19. The molecule has 4 aromatic rings. The highest BCUT2D eigenvalue weighted by molar-refractivity contribution is 5.99. The first kappa shape index (κ1) is 20.3. The number of rotatable bonds is 5. The molecule has 0 aliphatic heterocycles. The molecule has 1 aliphatic rings. The van der Waals surface area contributed by atoms with Gasteiger partial charge in [0, 0.05) is 19.0 Å². The average Bonchev–Trinajstić information content (AvgIpc) is 3.05. The number of carbonyl (C=O) groups excluding carboxylic acids is 1. The topological polar surface area (TPSA) is 60.9 Å². The van der Waals surface area contributed by atoms with Crippen LogP contribution in [-0.4, -0.2) is 15.5 Å². The first-order valence-electron chi connectivity index (χ1n) is 11.3. The first-order chi connectivity index (χ1) is 15.6. The standard InChI is InChI=1S/C28H27N3O/c1-2-7-28-30-25-10-5-6-11-26(25)31(28)18-19-12-15-23-21(16-19)14-13-20-8-3-4-9-22(20)24(23)17-27(29)32/h3-6,8-12,15-17H,2,7,13-14,18H2,1H3,(H2,29,32)/b24-17+. The second-order valence-corrected chi connectivity index (χ2v) is 8.46. The quantitative estimate of drug-likeness (QED) is 0.458. The van der Waals surface area contributed by atoms with Crippen LogP contribution in [0.25, 0.3) is 16.6 Å². The van der Waals surface area contributed by atoms with Gasteiger partial charge in [-0.1, -0.05) is 61.5 Å². The van der Waals surface area contributed by atoms with Crippen LogP contribution in [0.5, 0.6) is 0 Å². The molecule has 0 spiro atoms. The normalized spacial score (nSPS) is 14.2. The number of nitrogens with zero attached hydrogens (tertiary/aromatic N) is 2. The van der Waals surface area contributed by atoms with Gasteiger partial charge in [0.25, 0.3) is 0 Å². The van der Waals surface area contributed by atoms with Crippen molar-refractivity contribution < 1.29 is 4.79 Å². The third kappa shape index (κ3) is 3.73. The summed E-state index contributed by atoms with van der Waals surface area (Å²) in [6, 6.07) is 23.3. The molecule has 0 saturated heterocycles. The molecule has 0 unspecified atom stereocenters. The van der Waals surface area contributed by atoms with E-state index in [9.17, 15) is 4.79 Å². The number of carbonyl (C=O) groups is 1. The number of aromatic nitrogens is 2. The highest BCUT2D eigenvalue weighted by Crippen LogP contribution is 2.34. The van der Waals surface area contributed by atoms with Gasteiger partial charge in [0.15, 0.2) is 0 Å². The zero-order valence-electron chi connectivity index (χ0n) is 18.3. The molecule has 0 atom stereocenters. The van der Waals surface area contributed by atoms with E-state index in [-0.39, 0.29) is 0 Å². The monoisotopic (exact) mass is 421 g/mol. The second-order valence-electron chi connectivity index (χ2n) is 8.46. The molecule has 4 heteroatoms. The molecule has 2 N–H and O–H groups in total. The minimum atomic E-state index is -0.416. The molecule has 1 amide bonds. The maximum absolute atomic E-state index is 11.8. The summed E-state index contributed by atoms with van der Waals surface area (Å²) in [5.74, 6) is 0.714.